The number of carbonyl (C=O) groups is 2. The van der Waals surface area contributed by atoms with Crippen molar-refractivity contribution in [1.82, 2.24) is 0 Å². The normalized spacial score (nSPS) is 11.2. The molecular weight excluding hydrogens is 257 g/mol. The third-order valence-electron chi connectivity index (χ3n) is 1.79. The zero-order valence-electron chi connectivity index (χ0n) is 8.32. The van der Waals surface area contributed by atoms with E-state index in [1.54, 1.807) is 0 Å². The fraction of sp³-hybridized carbons (Fsp3) is 0.200. The maximum Gasteiger partial charge on any atom is 0.450 e. The molecule has 0 aromatic heterocycles. The van der Waals surface area contributed by atoms with Crippen LogP contribution < -0.4 is 0 Å². The van der Waals surface area contributed by atoms with Crippen LogP contribution in [-0.4, -0.2) is 28.8 Å². The van der Waals surface area contributed by atoms with E-state index in [0.29, 0.717) is 11.8 Å². The molecule has 0 bridgehead atoms. The van der Waals surface area contributed by atoms with Gasteiger partial charge in [-0.15, -0.1) is 11.8 Å². The standard InChI is InChI=1S/C10H7F3O3S/c11-10(12,13)8(14)5-17-7-4-2-1-3-6(7)9(15)16/h1-4H,5H2,(H,15,16). The first kappa shape index (κ1) is 13.6. The highest BCUT2D eigenvalue weighted by Crippen LogP contribution is 2.26. The van der Waals surface area contributed by atoms with Gasteiger partial charge in [-0.2, -0.15) is 13.2 Å². The maximum atomic E-state index is 11.9. The molecule has 0 radical (unpaired) electrons. The van der Waals surface area contributed by atoms with Gasteiger partial charge in [-0.1, -0.05) is 12.1 Å². The van der Waals surface area contributed by atoms with Crippen molar-refractivity contribution in [2.24, 2.45) is 0 Å². The minimum absolute atomic E-state index is 0.118. The molecule has 0 fully saturated rings. The molecule has 0 heterocycles. The van der Waals surface area contributed by atoms with Crippen LogP contribution in [0.3, 0.4) is 0 Å². The van der Waals surface area contributed by atoms with Crippen molar-refractivity contribution in [1.29, 1.82) is 0 Å². The number of benzene rings is 1. The summed E-state index contributed by atoms with van der Waals surface area (Å²) in [7, 11) is 0. The fourth-order valence-corrected chi connectivity index (χ4v) is 1.93. The van der Waals surface area contributed by atoms with Crippen molar-refractivity contribution in [3.8, 4) is 0 Å². The molecule has 3 nitrogen and oxygen atoms in total. The second-order valence-electron chi connectivity index (χ2n) is 3.01. The summed E-state index contributed by atoms with van der Waals surface area (Å²) in [5.41, 5.74) is -0.118. The molecule has 0 saturated heterocycles. The van der Waals surface area contributed by atoms with Crippen LogP contribution in [0.1, 0.15) is 10.4 Å². The first-order valence-corrected chi connectivity index (χ1v) is 5.36. The Kier molecular flexibility index (Phi) is 4.17. The van der Waals surface area contributed by atoms with Gasteiger partial charge < -0.3 is 5.11 Å². The van der Waals surface area contributed by atoms with Crippen molar-refractivity contribution in [2.75, 3.05) is 5.75 Å². The van der Waals surface area contributed by atoms with E-state index in [0.717, 1.165) is 0 Å². The van der Waals surface area contributed by atoms with Crippen LogP contribution in [0.4, 0.5) is 13.2 Å². The Morgan fingerprint density at radius 1 is 1.24 bits per heavy atom. The predicted molar refractivity (Wildman–Crippen MR) is 55.2 cm³/mol. The lowest BCUT2D eigenvalue weighted by atomic mass is 10.2. The smallest absolute Gasteiger partial charge is 0.450 e. The highest BCUT2D eigenvalue weighted by Gasteiger charge is 2.37. The fourth-order valence-electron chi connectivity index (χ4n) is 0.994. The molecule has 0 aliphatic rings. The minimum atomic E-state index is -4.88. The molecule has 17 heavy (non-hydrogen) atoms. The third kappa shape index (κ3) is 3.77. The molecule has 1 N–H and O–H groups in total. The lowest BCUT2D eigenvalue weighted by molar-refractivity contribution is -0.167. The largest absolute Gasteiger partial charge is 0.478 e. The van der Waals surface area contributed by atoms with Gasteiger partial charge in [0.15, 0.2) is 0 Å². The summed E-state index contributed by atoms with van der Waals surface area (Å²) >= 11 is 0.560. The van der Waals surface area contributed by atoms with E-state index >= 15 is 0 Å². The van der Waals surface area contributed by atoms with Crippen molar-refractivity contribution < 1.29 is 27.9 Å². The van der Waals surface area contributed by atoms with Gasteiger partial charge in [-0.3, -0.25) is 4.79 Å². The average Bonchev–Trinajstić information content (AvgIpc) is 2.24. The molecule has 0 unspecified atom stereocenters. The molecule has 0 spiro atoms. The highest BCUT2D eigenvalue weighted by molar-refractivity contribution is 8.00. The molecule has 0 aliphatic carbocycles. The Balaban J connectivity index is 2.77. The number of Topliss-reactive ketones (excluding diaryl/α,β-unsaturated/α-hetero) is 1. The van der Waals surface area contributed by atoms with Crippen molar-refractivity contribution >= 4 is 23.5 Å². The second-order valence-corrected chi connectivity index (χ2v) is 4.03. The number of rotatable bonds is 4. The summed E-state index contributed by atoms with van der Waals surface area (Å²) < 4.78 is 35.8. The summed E-state index contributed by atoms with van der Waals surface area (Å²) in [5, 5.41) is 8.77. The Morgan fingerprint density at radius 3 is 2.35 bits per heavy atom. The Morgan fingerprint density at radius 2 is 1.82 bits per heavy atom. The molecule has 1 aromatic rings. The van der Waals surface area contributed by atoms with Crippen LogP contribution in [0.5, 0.6) is 0 Å². The van der Waals surface area contributed by atoms with E-state index < -0.39 is 23.7 Å². The zero-order valence-corrected chi connectivity index (χ0v) is 9.14. The zero-order chi connectivity index (χ0) is 13.1. The number of thioether (sulfide) groups is 1. The number of carbonyl (C=O) groups excluding carboxylic acids is 1. The van der Waals surface area contributed by atoms with Gasteiger partial charge in [0.1, 0.15) is 0 Å². The Bertz CT molecular complexity index is 443. The van der Waals surface area contributed by atoms with E-state index in [4.69, 9.17) is 5.11 Å². The van der Waals surface area contributed by atoms with Gasteiger partial charge in [0.25, 0.3) is 0 Å². The van der Waals surface area contributed by atoms with Gasteiger partial charge >= 0.3 is 12.1 Å². The first-order valence-electron chi connectivity index (χ1n) is 4.37. The summed E-state index contributed by atoms with van der Waals surface area (Å²) in [5.74, 6) is -3.96. The molecule has 0 atom stereocenters. The molecule has 7 heteroatoms. The maximum absolute atomic E-state index is 11.9. The summed E-state index contributed by atoms with van der Waals surface area (Å²) in [6, 6.07) is 5.58. The van der Waals surface area contributed by atoms with Gasteiger partial charge in [0, 0.05) is 4.90 Å². The number of carboxylic acids is 1. The number of ketones is 1. The molecule has 1 rings (SSSR count). The Labute approximate surface area is 98.6 Å². The Hall–Kier alpha value is -1.50. The minimum Gasteiger partial charge on any atom is -0.478 e. The quantitative estimate of drug-likeness (QED) is 0.849. The highest BCUT2D eigenvalue weighted by atomic mass is 32.2. The SMILES string of the molecule is O=C(O)c1ccccc1SCC(=O)C(F)(F)F. The van der Waals surface area contributed by atoms with Crippen molar-refractivity contribution in [2.45, 2.75) is 11.1 Å². The molecule has 0 saturated carbocycles. The summed E-state index contributed by atoms with van der Waals surface area (Å²) in [6.45, 7) is 0. The lowest BCUT2D eigenvalue weighted by Gasteiger charge is -2.06. The van der Waals surface area contributed by atoms with Gasteiger partial charge in [0.05, 0.1) is 11.3 Å². The number of aromatic carboxylic acids is 1. The van der Waals surface area contributed by atoms with E-state index in [-0.39, 0.29) is 10.5 Å². The van der Waals surface area contributed by atoms with E-state index in [1.165, 1.54) is 24.3 Å². The van der Waals surface area contributed by atoms with Crippen LogP contribution in [-0.2, 0) is 4.79 Å². The van der Waals surface area contributed by atoms with Crippen molar-refractivity contribution in [3.63, 3.8) is 0 Å². The number of alkyl halides is 3. The van der Waals surface area contributed by atoms with Gasteiger partial charge in [-0.05, 0) is 12.1 Å². The van der Waals surface area contributed by atoms with Crippen LogP contribution in [0.25, 0.3) is 0 Å². The van der Waals surface area contributed by atoms with E-state index in [2.05, 4.69) is 0 Å². The van der Waals surface area contributed by atoms with E-state index in [9.17, 15) is 22.8 Å². The van der Waals surface area contributed by atoms with Crippen LogP contribution >= 0.6 is 11.8 Å². The molecule has 1 aromatic carbocycles. The van der Waals surface area contributed by atoms with Crippen LogP contribution in [0.2, 0.25) is 0 Å². The van der Waals surface area contributed by atoms with Crippen molar-refractivity contribution in [3.05, 3.63) is 29.8 Å². The molecule has 0 amide bonds. The van der Waals surface area contributed by atoms with E-state index in [1.807, 2.05) is 0 Å². The number of hydrogen-bond acceptors (Lipinski definition) is 3. The van der Waals surface area contributed by atoms with Gasteiger partial charge in [0.2, 0.25) is 5.78 Å². The number of hydrogen-bond donors (Lipinski definition) is 1. The van der Waals surface area contributed by atoms with Gasteiger partial charge in [-0.25, -0.2) is 4.79 Å². The third-order valence-corrected chi connectivity index (χ3v) is 2.87. The average molecular weight is 264 g/mol. The summed E-state index contributed by atoms with van der Waals surface area (Å²) in [6.07, 6.45) is -4.88. The van der Waals surface area contributed by atoms with Crippen LogP contribution in [0, 0.1) is 0 Å². The lowest BCUT2D eigenvalue weighted by Crippen LogP contribution is -2.24. The van der Waals surface area contributed by atoms with Crippen LogP contribution in [0.15, 0.2) is 29.2 Å². The number of halogens is 3. The number of carboxylic acid groups (broad SMARTS) is 1. The monoisotopic (exact) mass is 264 g/mol. The second kappa shape index (κ2) is 5.22. The molecular formula is C10H7F3O3S. The predicted octanol–water partition coefficient (Wildman–Crippen LogP) is 2.61. The molecule has 92 valence electrons. The summed E-state index contributed by atoms with van der Waals surface area (Å²) in [4.78, 5) is 21.5. The topological polar surface area (TPSA) is 54.4 Å². The first-order chi connectivity index (χ1) is 7.82. The molecule has 0 aliphatic heterocycles.